The minimum atomic E-state index is -4.99. The first-order valence-electron chi connectivity index (χ1n) is 24.9. The number of thioether (sulfide) groups is 1. The number of phosphoric acid groups is 2. The average molecular weight is 1060 g/mol. The lowest BCUT2D eigenvalue weighted by molar-refractivity contribution is -0.161. The molecule has 406 valence electrons. The zero-order chi connectivity index (χ0) is 52.9. The van der Waals surface area contributed by atoms with Crippen LogP contribution in [0.1, 0.15) is 142 Å². The second-order valence-electron chi connectivity index (χ2n) is 16.6. The number of carbonyl (C=O) groups is 3. The Labute approximate surface area is 427 Å². The van der Waals surface area contributed by atoms with Crippen LogP contribution in [-0.4, -0.2) is 110 Å². The van der Waals surface area contributed by atoms with Gasteiger partial charge in [-0.3, -0.25) is 28.0 Å². The summed E-state index contributed by atoms with van der Waals surface area (Å²) in [7, 11) is -9.93. The van der Waals surface area contributed by atoms with Crippen molar-refractivity contribution >= 4 is 45.3 Å². The van der Waals surface area contributed by atoms with E-state index >= 15 is 0 Å². The average Bonchev–Trinajstić information content (AvgIpc) is 3.32. The van der Waals surface area contributed by atoms with Crippen LogP contribution in [0.15, 0.2) is 97.2 Å². The van der Waals surface area contributed by atoms with Crippen molar-refractivity contribution in [3.05, 3.63) is 97.2 Å². The van der Waals surface area contributed by atoms with Crippen LogP contribution in [-0.2, 0) is 46.6 Å². The topological polar surface area (TPSA) is 279 Å². The van der Waals surface area contributed by atoms with Crippen molar-refractivity contribution in [3.8, 4) is 0 Å². The zero-order valence-corrected chi connectivity index (χ0v) is 44.6. The Morgan fingerprint density at radius 2 is 1.13 bits per heavy atom. The van der Waals surface area contributed by atoms with Gasteiger partial charge < -0.3 is 45.2 Å². The number of aliphatic hydroxyl groups is 2. The number of carboxylic acids is 1. The minimum absolute atomic E-state index is 0.0498. The van der Waals surface area contributed by atoms with E-state index < -0.39 is 89.6 Å². The molecule has 0 aromatic carbocycles. The Balaban J connectivity index is 5.37. The molecule has 0 aromatic rings. The number of esters is 2. The fourth-order valence-electron chi connectivity index (χ4n) is 5.99. The second kappa shape index (κ2) is 45.4. The summed E-state index contributed by atoms with van der Waals surface area (Å²) in [6.45, 7) is 1.09. The molecule has 0 saturated carbocycles. The monoisotopic (exact) mass is 1060 g/mol. The third-order valence-corrected chi connectivity index (χ3v) is 12.8. The maximum Gasteiger partial charge on any atom is 0.472 e. The van der Waals surface area contributed by atoms with E-state index in [1.165, 1.54) is 38.5 Å². The Kier molecular flexibility index (Phi) is 43.3. The predicted octanol–water partition coefficient (Wildman–Crippen LogP) is 10.2. The van der Waals surface area contributed by atoms with Crippen molar-refractivity contribution in [2.45, 2.75) is 172 Å². The summed E-state index contributed by atoms with van der Waals surface area (Å²) in [6.07, 6.45) is 44.4. The number of allylic oxidation sites excluding steroid dienone is 15. The first-order valence-corrected chi connectivity index (χ1v) is 28.9. The highest BCUT2D eigenvalue weighted by Crippen LogP contribution is 2.44. The normalized spacial score (nSPS) is 15.8. The highest BCUT2D eigenvalue weighted by molar-refractivity contribution is 8.00. The number of carboxylic acid groups (broad SMARTS) is 1. The molecule has 0 aromatic heterocycles. The largest absolute Gasteiger partial charge is 0.481 e. The van der Waals surface area contributed by atoms with Crippen molar-refractivity contribution in [1.82, 2.24) is 0 Å². The fraction of sp³-hybridized carbons (Fsp3) is 0.627. The maximum absolute atomic E-state index is 13.2. The number of hydrogen-bond acceptors (Lipinski definition) is 14. The summed E-state index contributed by atoms with van der Waals surface area (Å²) in [5, 5.41) is 29.3. The molecule has 0 aliphatic rings. The van der Waals surface area contributed by atoms with Crippen LogP contribution < -0.4 is 5.73 Å². The molecule has 0 saturated heterocycles. The quantitative estimate of drug-likeness (QED) is 0.00981. The van der Waals surface area contributed by atoms with Crippen LogP contribution >= 0.6 is 27.4 Å². The Bertz CT molecular complexity index is 1740. The third-order valence-electron chi connectivity index (χ3n) is 9.94. The minimum Gasteiger partial charge on any atom is -0.481 e. The van der Waals surface area contributed by atoms with E-state index in [0.717, 1.165) is 69.5 Å². The van der Waals surface area contributed by atoms with Crippen molar-refractivity contribution < 1.29 is 76.6 Å². The molecule has 0 heterocycles. The lowest BCUT2D eigenvalue weighted by atomic mass is 10.1. The van der Waals surface area contributed by atoms with Crippen LogP contribution in [0.4, 0.5) is 0 Å². The number of unbranched alkanes of at least 4 members (excludes halogenated alkanes) is 9. The van der Waals surface area contributed by atoms with Crippen LogP contribution in [0.3, 0.4) is 0 Å². The van der Waals surface area contributed by atoms with Gasteiger partial charge in [-0.15, -0.1) is 11.8 Å². The highest BCUT2D eigenvalue weighted by Gasteiger charge is 2.30. The molecule has 0 spiro atoms. The van der Waals surface area contributed by atoms with Crippen LogP contribution in [0.25, 0.3) is 0 Å². The van der Waals surface area contributed by atoms with Crippen molar-refractivity contribution in [3.63, 3.8) is 0 Å². The van der Waals surface area contributed by atoms with Crippen LogP contribution in [0, 0.1) is 0 Å². The molecule has 0 amide bonds. The smallest absolute Gasteiger partial charge is 0.472 e. The Hall–Kier alpha value is -3.22. The molecule has 0 aliphatic carbocycles. The molecule has 17 nitrogen and oxygen atoms in total. The van der Waals surface area contributed by atoms with E-state index in [0.29, 0.717) is 6.42 Å². The van der Waals surface area contributed by atoms with Gasteiger partial charge in [-0.1, -0.05) is 143 Å². The van der Waals surface area contributed by atoms with Gasteiger partial charge in [-0.25, -0.2) is 9.13 Å². The number of aliphatic carboxylic acids is 1. The van der Waals surface area contributed by atoms with Gasteiger partial charge in [0.1, 0.15) is 18.8 Å². The number of ether oxygens (including phenoxy) is 2. The van der Waals surface area contributed by atoms with E-state index in [4.69, 9.17) is 34.6 Å². The SMILES string of the molecule is CCCCC/C=C\C\C=C/C=C/C=C/[C@@H](SC[C@H](N)C(=O)O[C@H](COC(=O)CCCCC/C=C\C/C=C\C/C=C\C/C=C\CCCCC)COP(=O)(O)OC[C@@H](O)COP(=O)(O)O)[C@@H](O)CCCC(=O)O. The van der Waals surface area contributed by atoms with E-state index in [9.17, 15) is 38.6 Å². The molecular weight excluding hydrogens is 977 g/mol. The third kappa shape index (κ3) is 46.3. The van der Waals surface area contributed by atoms with E-state index in [-0.39, 0.29) is 31.4 Å². The lowest BCUT2D eigenvalue weighted by Crippen LogP contribution is -2.40. The Morgan fingerprint density at radius 3 is 1.69 bits per heavy atom. The number of hydrogen-bond donors (Lipinski definition) is 7. The van der Waals surface area contributed by atoms with Crippen LogP contribution in [0.5, 0.6) is 0 Å². The van der Waals surface area contributed by atoms with E-state index in [1.54, 1.807) is 18.2 Å². The first-order chi connectivity index (χ1) is 34.0. The van der Waals surface area contributed by atoms with E-state index in [1.807, 2.05) is 18.2 Å². The second-order valence-corrected chi connectivity index (χ2v) is 20.5. The molecule has 20 heteroatoms. The molecule has 0 bridgehead atoms. The Morgan fingerprint density at radius 1 is 0.606 bits per heavy atom. The standard InChI is InChI=1S/C51H85NO16P2S/c1-3-5-7-9-11-13-15-17-18-19-20-21-22-23-25-27-29-31-33-38-50(57)64-41-45(42-67-70(62,63)66-40-44(53)39-65-69(59,60)61)68-51(58)46(52)43-71-48(47(54)35-34-37-49(55)56)36-32-30-28-26-24-16-14-12-10-8-6-4-2/h11-14,17-18,20-21,23-26,28,30,32,36,44-48,53-54H,3-10,15-16,19,22,27,29,31,33-35,37-43,52H2,1-2H3,(H,55,56)(H,62,63)(H2,59,60,61)/b13-11-,14-12-,18-17-,21-20-,25-23-,26-24-,30-28+,36-32+/t44-,45+,46-,47-,48+/m0/s1. The van der Waals surface area contributed by atoms with Gasteiger partial charge in [0, 0.05) is 23.8 Å². The van der Waals surface area contributed by atoms with Crippen molar-refractivity contribution in [2.24, 2.45) is 5.73 Å². The van der Waals surface area contributed by atoms with Crippen molar-refractivity contribution in [1.29, 1.82) is 0 Å². The molecule has 0 rings (SSSR count). The molecule has 1 unspecified atom stereocenters. The summed E-state index contributed by atoms with van der Waals surface area (Å²) >= 11 is 1.12. The highest BCUT2D eigenvalue weighted by atomic mass is 32.2. The van der Waals surface area contributed by atoms with Gasteiger partial charge in [0.05, 0.1) is 25.9 Å². The van der Waals surface area contributed by atoms with Gasteiger partial charge in [0.2, 0.25) is 0 Å². The molecule has 0 radical (unpaired) electrons. The van der Waals surface area contributed by atoms with Gasteiger partial charge in [-0.05, 0) is 83.5 Å². The summed E-state index contributed by atoms with van der Waals surface area (Å²) in [4.78, 5) is 64.8. The van der Waals surface area contributed by atoms with Gasteiger partial charge in [0.25, 0.3) is 0 Å². The number of aliphatic hydroxyl groups excluding tert-OH is 2. The molecular formula is C51H85NO16P2S. The maximum atomic E-state index is 13.2. The number of carbonyl (C=O) groups excluding carboxylic acids is 2. The molecule has 6 atom stereocenters. The molecule has 0 fully saturated rings. The number of nitrogens with two attached hydrogens (primary N) is 1. The lowest BCUT2D eigenvalue weighted by Gasteiger charge is -2.23. The van der Waals surface area contributed by atoms with Crippen LogP contribution in [0.2, 0.25) is 0 Å². The van der Waals surface area contributed by atoms with E-state index in [2.05, 4.69) is 83.7 Å². The summed E-state index contributed by atoms with van der Waals surface area (Å²) in [6, 6.07) is -1.31. The molecule has 0 aliphatic heterocycles. The summed E-state index contributed by atoms with van der Waals surface area (Å²) < 4.78 is 48.1. The summed E-state index contributed by atoms with van der Waals surface area (Å²) in [5.41, 5.74) is 6.19. The van der Waals surface area contributed by atoms with Gasteiger partial charge in [0.15, 0.2) is 6.10 Å². The fourth-order valence-corrected chi connectivity index (χ4v) is 8.27. The number of rotatable bonds is 46. The van der Waals surface area contributed by atoms with Crippen molar-refractivity contribution in [2.75, 3.05) is 32.2 Å². The first kappa shape index (κ1) is 67.8. The number of phosphoric ester groups is 2. The predicted molar refractivity (Wildman–Crippen MR) is 281 cm³/mol. The summed E-state index contributed by atoms with van der Waals surface area (Å²) in [5.74, 6) is -2.70. The zero-order valence-electron chi connectivity index (χ0n) is 41.9. The van der Waals surface area contributed by atoms with Gasteiger partial charge >= 0.3 is 33.6 Å². The molecule has 8 N–H and O–H groups in total. The molecule has 71 heavy (non-hydrogen) atoms. The van der Waals surface area contributed by atoms with Gasteiger partial charge in [-0.2, -0.15) is 0 Å².